The van der Waals surface area contributed by atoms with Crippen LogP contribution in [0.2, 0.25) is 0 Å². The van der Waals surface area contributed by atoms with Gasteiger partial charge < -0.3 is 5.11 Å². The average molecular weight is 260 g/mol. The van der Waals surface area contributed by atoms with Crippen LogP contribution in [0.4, 0.5) is 0 Å². The van der Waals surface area contributed by atoms with E-state index in [1.807, 2.05) is 6.08 Å². The summed E-state index contributed by atoms with van der Waals surface area (Å²) in [6.45, 7) is 2.39. The van der Waals surface area contributed by atoms with E-state index in [1.54, 1.807) is 0 Å². The maximum absolute atomic E-state index is 8.94. The van der Waals surface area contributed by atoms with Gasteiger partial charge in [0, 0.05) is 5.92 Å². The molecule has 1 N–H and O–H groups in total. The molecule has 0 aliphatic heterocycles. The van der Waals surface area contributed by atoms with Gasteiger partial charge in [-0.15, -0.1) is 0 Å². The lowest BCUT2D eigenvalue weighted by molar-refractivity contribution is 0.342. The monoisotopic (exact) mass is 260 g/mol. The number of unbranched alkanes of at least 4 members (excludes halogenated alkanes) is 5. The van der Waals surface area contributed by atoms with Crippen LogP contribution in [0.1, 0.15) is 63.4 Å². The van der Waals surface area contributed by atoms with Gasteiger partial charge in [0.15, 0.2) is 0 Å². The zero-order chi connectivity index (χ0) is 13.8. The first kappa shape index (κ1) is 16.0. The highest BCUT2D eigenvalue weighted by Crippen LogP contribution is 2.24. The summed E-state index contributed by atoms with van der Waals surface area (Å²) in [6, 6.07) is 10.6. The number of allylic oxidation sites excluding steroid dienone is 1. The van der Waals surface area contributed by atoms with Crippen LogP contribution in [0.15, 0.2) is 42.5 Å². The van der Waals surface area contributed by atoms with E-state index in [9.17, 15) is 0 Å². The van der Waals surface area contributed by atoms with Crippen molar-refractivity contribution < 1.29 is 5.11 Å². The van der Waals surface area contributed by atoms with E-state index < -0.39 is 0 Å². The highest BCUT2D eigenvalue weighted by molar-refractivity contribution is 5.23. The average Bonchev–Trinajstić information content (AvgIpc) is 2.46. The van der Waals surface area contributed by atoms with Crippen LogP contribution in [0.25, 0.3) is 0 Å². The van der Waals surface area contributed by atoms with E-state index in [0.29, 0.717) is 5.92 Å². The molecule has 1 aromatic carbocycles. The Hall–Kier alpha value is -1.08. The maximum atomic E-state index is 8.94. The van der Waals surface area contributed by atoms with Gasteiger partial charge in [0.05, 0.1) is 6.61 Å². The fourth-order valence-corrected chi connectivity index (χ4v) is 2.44. The Kier molecular flexibility index (Phi) is 9.09. The Morgan fingerprint density at radius 3 is 2.37 bits per heavy atom. The Morgan fingerprint density at radius 2 is 1.68 bits per heavy atom. The van der Waals surface area contributed by atoms with Crippen molar-refractivity contribution in [2.45, 2.75) is 57.8 Å². The third-order valence-electron chi connectivity index (χ3n) is 3.57. The molecule has 1 heteroatoms. The smallest absolute Gasteiger partial charge is 0.0612 e. The van der Waals surface area contributed by atoms with Crippen LogP contribution >= 0.6 is 0 Å². The van der Waals surface area contributed by atoms with E-state index in [1.165, 1.54) is 50.5 Å². The molecule has 1 nitrogen and oxygen atoms in total. The third-order valence-corrected chi connectivity index (χ3v) is 3.57. The minimum absolute atomic E-state index is 0.139. The molecule has 0 radical (unpaired) electrons. The van der Waals surface area contributed by atoms with Gasteiger partial charge in [0.25, 0.3) is 0 Å². The zero-order valence-electron chi connectivity index (χ0n) is 12.2. The standard InChI is InChI=1S/C18H28O/c1-2-3-4-5-6-8-12-18(15-11-16-19)17-13-9-7-10-14-17/h7,9-11,13-15,18-19H,2-6,8,12,16H2,1H3. The van der Waals surface area contributed by atoms with Crippen molar-refractivity contribution >= 4 is 0 Å². The summed E-state index contributed by atoms with van der Waals surface area (Å²) in [6.07, 6.45) is 13.2. The Morgan fingerprint density at radius 1 is 1.00 bits per heavy atom. The van der Waals surface area contributed by atoms with Gasteiger partial charge in [0.1, 0.15) is 0 Å². The summed E-state index contributed by atoms with van der Waals surface area (Å²) in [5.74, 6) is 0.458. The molecule has 0 aliphatic carbocycles. The number of rotatable bonds is 10. The second kappa shape index (κ2) is 10.8. The summed E-state index contributed by atoms with van der Waals surface area (Å²) in [5.41, 5.74) is 1.36. The molecular formula is C18H28O. The predicted molar refractivity (Wildman–Crippen MR) is 83.4 cm³/mol. The van der Waals surface area contributed by atoms with E-state index >= 15 is 0 Å². The van der Waals surface area contributed by atoms with Crippen molar-refractivity contribution in [3.05, 3.63) is 48.0 Å². The normalized spacial score (nSPS) is 12.9. The largest absolute Gasteiger partial charge is 0.392 e. The van der Waals surface area contributed by atoms with Crippen molar-refractivity contribution in [3.63, 3.8) is 0 Å². The fourth-order valence-electron chi connectivity index (χ4n) is 2.44. The molecule has 0 saturated heterocycles. The summed E-state index contributed by atoms with van der Waals surface area (Å²) in [7, 11) is 0. The summed E-state index contributed by atoms with van der Waals surface area (Å²) < 4.78 is 0. The van der Waals surface area contributed by atoms with Crippen LogP contribution < -0.4 is 0 Å². The number of aliphatic hydroxyl groups is 1. The van der Waals surface area contributed by atoms with Crippen molar-refractivity contribution in [1.29, 1.82) is 0 Å². The lowest BCUT2D eigenvalue weighted by atomic mass is 9.92. The van der Waals surface area contributed by atoms with Gasteiger partial charge in [0.2, 0.25) is 0 Å². The van der Waals surface area contributed by atoms with Crippen LogP contribution in [-0.2, 0) is 0 Å². The summed E-state index contributed by atoms with van der Waals surface area (Å²) in [4.78, 5) is 0. The molecule has 0 aliphatic rings. The van der Waals surface area contributed by atoms with Gasteiger partial charge >= 0.3 is 0 Å². The molecular weight excluding hydrogens is 232 g/mol. The van der Waals surface area contributed by atoms with E-state index in [-0.39, 0.29) is 6.61 Å². The second-order valence-corrected chi connectivity index (χ2v) is 5.18. The van der Waals surface area contributed by atoms with E-state index in [0.717, 1.165) is 0 Å². The number of aliphatic hydroxyl groups excluding tert-OH is 1. The van der Waals surface area contributed by atoms with Gasteiger partial charge in [-0.05, 0) is 12.0 Å². The van der Waals surface area contributed by atoms with Crippen LogP contribution in [0, 0.1) is 0 Å². The van der Waals surface area contributed by atoms with Gasteiger partial charge in [-0.1, -0.05) is 87.9 Å². The molecule has 0 saturated carbocycles. The molecule has 1 aromatic rings. The molecule has 19 heavy (non-hydrogen) atoms. The number of benzene rings is 1. The molecule has 1 atom stereocenters. The Labute approximate surface area is 118 Å². The molecule has 0 amide bonds. The number of hydrogen-bond donors (Lipinski definition) is 1. The second-order valence-electron chi connectivity index (χ2n) is 5.18. The zero-order valence-corrected chi connectivity index (χ0v) is 12.2. The SMILES string of the molecule is CCCCCCCCC(C=CCO)c1ccccc1. The minimum Gasteiger partial charge on any atom is -0.392 e. The predicted octanol–water partition coefficient (Wildman–Crippen LogP) is 5.07. The summed E-state index contributed by atoms with van der Waals surface area (Å²) in [5, 5.41) is 8.94. The van der Waals surface area contributed by atoms with Crippen molar-refractivity contribution in [2.24, 2.45) is 0 Å². The Bertz CT molecular complexity index is 329. The van der Waals surface area contributed by atoms with Crippen molar-refractivity contribution in [3.8, 4) is 0 Å². The first-order valence-electron chi connectivity index (χ1n) is 7.71. The number of hydrogen-bond acceptors (Lipinski definition) is 1. The Balaban J connectivity index is 2.36. The van der Waals surface area contributed by atoms with Gasteiger partial charge in [-0.25, -0.2) is 0 Å². The van der Waals surface area contributed by atoms with Crippen molar-refractivity contribution in [2.75, 3.05) is 6.61 Å². The van der Waals surface area contributed by atoms with Gasteiger partial charge in [-0.2, -0.15) is 0 Å². The molecule has 0 heterocycles. The molecule has 1 unspecified atom stereocenters. The highest BCUT2D eigenvalue weighted by atomic mass is 16.2. The molecule has 1 rings (SSSR count). The van der Waals surface area contributed by atoms with Crippen LogP contribution in [0.3, 0.4) is 0 Å². The lowest BCUT2D eigenvalue weighted by Gasteiger charge is -2.13. The van der Waals surface area contributed by atoms with Crippen LogP contribution in [-0.4, -0.2) is 11.7 Å². The molecule has 0 fully saturated rings. The summed E-state index contributed by atoms with van der Waals surface area (Å²) >= 11 is 0. The first-order chi connectivity index (χ1) is 9.38. The molecule has 106 valence electrons. The third kappa shape index (κ3) is 7.17. The molecule has 0 bridgehead atoms. The first-order valence-corrected chi connectivity index (χ1v) is 7.71. The maximum Gasteiger partial charge on any atom is 0.0612 e. The topological polar surface area (TPSA) is 20.2 Å². The highest BCUT2D eigenvalue weighted by Gasteiger charge is 2.06. The van der Waals surface area contributed by atoms with Crippen molar-refractivity contribution in [1.82, 2.24) is 0 Å². The quantitative estimate of drug-likeness (QED) is 0.460. The molecule has 0 spiro atoms. The minimum atomic E-state index is 0.139. The van der Waals surface area contributed by atoms with Gasteiger partial charge in [-0.3, -0.25) is 0 Å². The van der Waals surface area contributed by atoms with E-state index in [2.05, 4.69) is 43.3 Å². The molecule has 0 aromatic heterocycles. The van der Waals surface area contributed by atoms with Crippen LogP contribution in [0.5, 0.6) is 0 Å². The lowest BCUT2D eigenvalue weighted by Crippen LogP contribution is -1.96. The van der Waals surface area contributed by atoms with E-state index in [4.69, 9.17) is 5.11 Å². The fraction of sp³-hybridized carbons (Fsp3) is 0.556.